The van der Waals surface area contributed by atoms with Crippen LogP contribution in [0.2, 0.25) is 0 Å². The van der Waals surface area contributed by atoms with Crippen LogP contribution in [0.1, 0.15) is 15.9 Å². The van der Waals surface area contributed by atoms with E-state index in [2.05, 4.69) is 27.7 Å². The molecule has 1 aromatic carbocycles. The summed E-state index contributed by atoms with van der Waals surface area (Å²) in [7, 11) is 0. The minimum absolute atomic E-state index is 0.0863. The fourth-order valence-corrected chi connectivity index (χ4v) is 1.93. The van der Waals surface area contributed by atoms with E-state index in [-0.39, 0.29) is 5.78 Å². The number of rotatable bonds is 3. The maximum Gasteiger partial charge on any atom is 0.184 e. The summed E-state index contributed by atoms with van der Waals surface area (Å²) in [6.07, 6.45) is 3.60. The molecule has 0 saturated carbocycles. The van der Waals surface area contributed by atoms with Crippen LogP contribution in [0.5, 0.6) is 0 Å². The molecule has 1 aromatic heterocycles. The van der Waals surface area contributed by atoms with Gasteiger partial charge in [0, 0.05) is 11.8 Å². The average Bonchev–Trinajstić information content (AvgIpc) is 2.64. The highest BCUT2D eigenvalue weighted by molar-refractivity contribution is 14.1. The van der Waals surface area contributed by atoms with E-state index in [9.17, 15) is 4.79 Å². The first-order valence-electron chi connectivity index (χ1n) is 4.93. The Balaban J connectivity index is 2.14. The number of halogens is 1. The van der Waals surface area contributed by atoms with Crippen LogP contribution in [-0.4, -0.2) is 15.6 Å². The molecular weight excluding hydrogens is 315 g/mol. The van der Waals surface area contributed by atoms with Crippen LogP contribution in [0.25, 0.3) is 0 Å². The van der Waals surface area contributed by atoms with E-state index in [1.54, 1.807) is 10.9 Å². The number of Topliss-reactive ketones (excluding diaryl/α,β-unsaturated/α-hetero) is 1. The first-order valence-corrected chi connectivity index (χ1v) is 6.01. The molecule has 0 spiro atoms. The predicted octanol–water partition coefficient (Wildman–Crippen LogP) is 2.68. The van der Waals surface area contributed by atoms with Gasteiger partial charge in [-0.1, -0.05) is 23.8 Å². The van der Waals surface area contributed by atoms with Crippen molar-refractivity contribution < 1.29 is 4.79 Å². The van der Waals surface area contributed by atoms with Gasteiger partial charge in [-0.2, -0.15) is 5.10 Å². The van der Waals surface area contributed by atoms with Crippen molar-refractivity contribution in [2.75, 3.05) is 0 Å². The van der Waals surface area contributed by atoms with Crippen LogP contribution < -0.4 is 0 Å². The lowest BCUT2D eigenvalue weighted by Gasteiger charge is -2.02. The summed E-state index contributed by atoms with van der Waals surface area (Å²) < 4.78 is 2.70. The first kappa shape index (κ1) is 11.3. The van der Waals surface area contributed by atoms with Gasteiger partial charge < -0.3 is 0 Å². The molecule has 0 radical (unpaired) electrons. The average molecular weight is 326 g/mol. The van der Waals surface area contributed by atoms with Gasteiger partial charge in [-0.15, -0.1) is 0 Å². The summed E-state index contributed by atoms with van der Waals surface area (Å²) in [6, 6.07) is 7.61. The fraction of sp³-hybridized carbons (Fsp3) is 0.167. The second-order valence-corrected chi connectivity index (χ2v) is 4.89. The topological polar surface area (TPSA) is 34.9 Å². The molecule has 0 fully saturated rings. The molecule has 0 aliphatic heterocycles. The molecule has 16 heavy (non-hydrogen) atoms. The number of aryl methyl sites for hydroxylation is 1. The lowest BCUT2D eigenvalue weighted by atomic mass is 10.1. The second-order valence-electron chi connectivity index (χ2n) is 3.65. The first-order chi connectivity index (χ1) is 7.65. The van der Waals surface area contributed by atoms with Gasteiger partial charge in [0.15, 0.2) is 5.78 Å². The van der Waals surface area contributed by atoms with E-state index in [0.29, 0.717) is 6.54 Å². The minimum Gasteiger partial charge on any atom is -0.292 e. The zero-order valence-electron chi connectivity index (χ0n) is 8.85. The molecule has 0 bridgehead atoms. The summed E-state index contributed by atoms with van der Waals surface area (Å²) in [5.74, 6) is 0.0863. The number of nitrogens with zero attached hydrogens (tertiary/aromatic N) is 2. The zero-order chi connectivity index (χ0) is 11.5. The number of aromatic nitrogens is 2. The fourth-order valence-electron chi connectivity index (χ4n) is 1.48. The smallest absolute Gasteiger partial charge is 0.184 e. The van der Waals surface area contributed by atoms with Crippen LogP contribution in [0.4, 0.5) is 0 Å². The summed E-state index contributed by atoms with van der Waals surface area (Å²) in [4.78, 5) is 11.9. The molecule has 0 aliphatic carbocycles. The van der Waals surface area contributed by atoms with E-state index in [1.165, 1.54) is 0 Å². The van der Waals surface area contributed by atoms with Gasteiger partial charge in [-0.3, -0.25) is 9.48 Å². The Labute approximate surface area is 108 Å². The van der Waals surface area contributed by atoms with Gasteiger partial charge in [-0.25, -0.2) is 0 Å². The Kier molecular flexibility index (Phi) is 3.38. The normalized spacial score (nSPS) is 10.4. The van der Waals surface area contributed by atoms with Crippen molar-refractivity contribution in [3.63, 3.8) is 0 Å². The minimum atomic E-state index is 0.0863. The summed E-state index contributed by atoms with van der Waals surface area (Å²) in [5.41, 5.74) is 1.84. The molecule has 0 atom stereocenters. The van der Waals surface area contributed by atoms with E-state index >= 15 is 0 Å². The quantitative estimate of drug-likeness (QED) is 0.642. The van der Waals surface area contributed by atoms with Crippen LogP contribution in [0.3, 0.4) is 0 Å². The third kappa shape index (κ3) is 2.69. The summed E-state index contributed by atoms with van der Waals surface area (Å²) in [6.45, 7) is 2.28. The highest BCUT2D eigenvalue weighted by Gasteiger charge is 2.07. The van der Waals surface area contributed by atoms with Gasteiger partial charge in [0.25, 0.3) is 0 Å². The number of hydrogen-bond acceptors (Lipinski definition) is 2. The molecule has 0 N–H and O–H groups in total. The molecule has 0 aliphatic rings. The third-order valence-corrected chi connectivity index (χ3v) is 2.80. The molecule has 2 rings (SSSR count). The molecular formula is C12H11IN2O. The van der Waals surface area contributed by atoms with Crippen molar-refractivity contribution in [1.29, 1.82) is 0 Å². The maximum atomic E-state index is 11.9. The Morgan fingerprint density at radius 2 is 2.31 bits per heavy atom. The largest absolute Gasteiger partial charge is 0.292 e. The molecule has 1 heterocycles. The van der Waals surface area contributed by atoms with E-state index in [1.807, 2.05) is 37.4 Å². The zero-order valence-corrected chi connectivity index (χ0v) is 11.0. The van der Waals surface area contributed by atoms with Crippen molar-refractivity contribution in [2.24, 2.45) is 0 Å². The number of ketones is 1. The Morgan fingerprint density at radius 3 is 2.94 bits per heavy atom. The molecule has 0 amide bonds. The molecule has 82 valence electrons. The van der Waals surface area contributed by atoms with Crippen LogP contribution in [-0.2, 0) is 6.54 Å². The Morgan fingerprint density at radius 1 is 1.50 bits per heavy atom. The van der Waals surface area contributed by atoms with Crippen LogP contribution in [0, 0.1) is 10.5 Å². The molecule has 0 saturated heterocycles. The maximum absolute atomic E-state index is 11.9. The van der Waals surface area contributed by atoms with Gasteiger partial charge in [-0.05, 0) is 35.6 Å². The lowest BCUT2D eigenvalue weighted by Crippen LogP contribution is -2.10. The Hall–Kier alpha value is -1.17. The SMILES string of the molecule is Cc1cccc(C(=O)Cn2cc(I)cn2)c1. The standard InChI is InChI=1S/C12H11IN2O/c1-9-3-2-4-10(5-9)12(16)8-15-7-11(13)6-14-15/h2-7H,8H2,1H3. The van der Waals surface area contributed by atoms with E-state index in [0.717, 1.165) is 14.7 Å². The van der Waals surface area contributed by atoms with Gasteiger partial charge in [0.2, 0.25) is 0 Å². The number of carbonyl (C=O) groups is 1. The monoisotopic (exact) mass is 326 g/mol. The van der Waals surface area contributed by atoms with Crippen LogP contribution >= 0.6 is 22.6 Å². The molecule has 3 nitrogen and oxygen atoms in total. The van der Waals surface area contributed by atoms with Crippen molar-refractivity contribution in [1.82, 2.24) is 9.78 Å². The highest BCUT2D eigenvalue weighted by Crippen LogP contribution is 2.07. The van der Waals surface area contributed by atoms with Crippen molar-refractivity contribution >= 4 is 28.4 Å². The highest BCUT2D eigenvalue weighted by atomic mass is 127. The summed E-state index contributed by atoms with van der Waals surface area (Å²) in [5, 5.41) is 4.09. The molecule has 0 unspecified atom stereocenters. The third-order valence-electron chi connectivity index (χ3n) is 2.25. The van der Waals surface area contributed by atoms with Gasteiger partial charge in [0.1, 0.15) is 6.54 Å². The second kappa shape index (κ2) is 4.78. The lowest BCUT2D eigenvalue weighted by molar-refractivity contribution is 0.0967. The van der Waals surface area contributed by atoms with Crippen molar-refractivity contribution in [3.05, 3.63) is 51.4 Å². The van der Waals surface area contributed by atoms with Crippen molar-refractivity contribution in [3.8, 4) is 0 Å². The van der Waals surface area contributed by atoms with Crippen molar-refractivity contribution in [2.45, 2.75) is 13.5 Å². The number of benzene rings is 1. The Bertz CT molecular complexity index is 519. The van der Waals surface area contributed by atoms with Gasteiger partial charge >= 0.3 is 0 Å². The van der Waals surface area contributed by atoms with E-state index in [4.69, 9.17) is 0 Å². The van der Waals surface area contributed by atoms with Crippen LogP contribution in [0.15, 0.2) is 36.7 Å². The number of hydrogen-bond donors (Lipinski definition) is 0. The van der Waals surface area contributed by atoms with E-state index < -0.39 is 0 Å². The predicted molar refractivity (Wildman–Crippen MR) is 70.5 cm³/mol. The summed E-state index contributed by atoms with van der Waals surface area (Å²) >= 11 is 2.17. The molecule has 4 heteroatoms. The molecule has 2 aromatic rings. The van der Waals surface area contributed by atoms with Gasteiger partial charge in [0.05, 0.1) is 9.77 Å². The number of carbonyl (C=O) groups excluding carboxylic acids is 1.